The van der Waals surface area contributed by atoms with E-state index in [0.717, 1.165) is 37.7 Å². The average Bonchev–Trinajstić information content (AvgIpc) is 3.26. The second kappa shape index (κ2) is 10.4. The summed E-state index contributed by atoms with van der Waals surface area (Å²) in [7, 11) is -4.47. The van der Waals surface area contributed by atoms with Gasteiger partial charge in [0.15, 0.2) is 16.6 Å². The fourth-order valence-electron chi connectivity index (χ4n) is 12.0. The zero-order valence-corrected chi connectivity index (χ0v) is 32.8. The molecule has 0 aromatic carbocycles. The first-order chi connectivity index (χ1) is 22.7. The van der Waals surface area contributed by atoms with Crippen molar-refractivity contribution >= 4 is 34.4 Å². The SMILES string of the molecule is C=C1C(=O)O[C@@H]2[C@@H]3[C@@H](CC(=O)[C@]34CC[C@@]35CC[C@H]6C(=C)C(=O)O[C@@H]6[C@H]6[C@H](CO[Si](C)(C)C(C)(C)C)[C@H](O[Si](C)(C)C)[C@@H]4[C@]63O5)C(=C)CC[C@@H]12. The van der Waals surface area contributed by atoms with Crippen LogP contribution in [-0.4, -0.2) is 70.5 Å². The maximum absolute atomic E-state index is 15.2. The Hall–Kier alpha value is -1.86. The first-order valence-electron chi connectivity index (χ1n) is 18.7. The number of allylic oxidation sites excluding steroid dienone is 1. The summed E-state index contributed by atoms with van der Waals surface area (Å²) >= 11 is 0. The molecule has 0 bridgehead atoms. The van der Waals surface area contributed by atoms with Crippen molar-refractivity contribution in [3.05, 3.63) is 36.5 Å². The number of epoxide rings is 1. The van der Waals surface area contributed by atoms with Crippen LogP contribution >= 0.6 is 0 Å². The Balaban J connectivity index is 1.34. The molecular formula is C39H56O8Si2. The fraction of sp³-hybridized carbons (Fsp3) is 0.769. The van der Waals surface area contributed by atoms with E-state index < -0.39 is 45.5 Å². The van der Waals surface area contributed by atoms with Gasteiger partial charge in [0.05, 0.1) is 11.7 Å². The van der Waals surface area contributed by atoms with Crippen LogP contribution in [0.5, 0.6) is 0 Å². The van der Waals surface area contributed by atoms with Gasteiger partial charge in [-0.2, -0.15) is 0 Å². The van der Waals surface area contributed by atoms with Crippen molar-refractivity contribution in [1.82, 2.24) is 0 Å². The molecule has 5 aliphatic carbocycles. The number of carbonyl (C=O) groups is 3. The zero-order chi connectivity index (χ0) is 35.4. The molecule has 268 valence electrons. The summed E-state index contributed by atoms with van der Waals surface area (Å²) in [6.45, 7) is 31.4. The van der Waals surface area contributed by atoms with Gasteiger partial charge in [0, 0.05) is 65.1 Å². The molecule has 0 aromatic heterocycles. The lowest BCUT2D eigenvalue weighted by Crippen LogP contribution is -2.59. The molecular weight excluding hydrogens is 653 g/mol. The van der Waals surface area contributed by atoms with E-state index >= 15 is 4.79 Å². The number of fused-ring (bicyclic) bond motifs is 7. The fourth-order valence-corrected chi connectivity index (χ4v) is 14.2. The van der Waals surface area contributed by atoms with Crippen LogP contribution in [0.25, 0.3) is 0 Å². The summed E-state index contributed by atoms with van der Waals surface area (Å²) in [5.41, 5.74) is 0.141. The molecule has 8 aliphatic rings. The van der Waals surface area contributed by atoms with Gasteiger partial charge in [-0.1, -0.05) is 46.1 Å². The van der Waals surface area contributed by atoms with Gasteiger partial charge in [-0.3, -0.25) is 4.79 Å². The monoisotopic (exact) mass is 708 g/mol. The van der Waals surface area contributed by atoms with Gasteiger partial charge in [-0.25, -0.2) is 9.59 Å². The van der Waals surface area contributed by atoms with Crippen LogP contribution in [0.3, 0.4) is 0 Å². The maximum Gasteiger partial charge on any atom is 0.334 e. The minimum atomic E-state index is -2.24. The maximum atomic E-state index is 15.2. The third-order valence-corrected chi connectivity index (χ3v) is 20.6. The molecule has 0 amide bonds. The van der Waals surface area contributed by atoms with E-state index in [4.69, 9.17) is 23.1 Å². The van der Waals surface area contributed by atoms with Crippen molar-refractivity contribution in [2.75, 3.05) is 6.61 Å². The molecule has 3 saturated heterocycles. The predicted molar refractivity (Wildman–Crippen MR) is 189 cm³/mol. The van der Waals surface area contributed by atoms with Crippen molar-refractivity contribution in [2.24, 2.45) is 46.8 Å². The summed E-state index contributed by atoms with van der Waals surface area (Å²) in [5, 5.41) is -0.00789. The summed E-state index contributed by atoms with van der Waals surface area (Å²) in [6.07, 6.45) is 3.64. The third-order valence-electron chi connectivity index (χ3n) is 15.2. The molecule has 5 saturated carbocycles. The van der Waals surface area contributed by atoms with Crippen LogP contribution < -0.4 is 0 Å². The average molecular weight is 709 g/mol. The molecule has 49 heavy (non-hydrogen) atoms. The molecule has 0 N–H and O–H groups in total. The first-order valence-corrected chi connectivity index (χ1v) is 25.0. The summed E-state index contributed by atoms with van der Waals surface area (Å²) in [4.78, 5) is 41.7. The Kier molecular flexibility index (Phi) is 7.26. The normalized spacial score (nSPS) is 47.2. The Bertz CT molecular complexity index is 1570. The number of esters is 2. The van der Waals surface area contributed by atoms with E-state index in [9.17, 15) is 9.59 Å². The van der Waals surface area contributed by atoms with Gasteiger partial charge in [0.1, 0.15) is 23.6 Å². The minimum absolute atomic E-state index is 0.00789. The molecule has 10 heteroatoms. The van der Waals surface area contributed by atoms with Crippen LogP contribution in [0.15, 0.2) is 36.5 Å². The number of ether oxygens (including phenoxy) is 3. The van der Waals surface area contributed by atoms with Gasteiger partial charge >= 0.3 is 11.9 Å². The standard InChI is InChI=1S/C39H56O8Si2/c1-20-12-13-23-21(2)34(41)44-30(23)28-25(20)18-27(40)38(28)17-16-37-15-14-24-22(3)35(42)45-31(24)29-26(19-43-49(10,11)36(4,5)6)32(46-48(7,8)9)33(38)39(29,37)47-37/h23-26,28-33H,1-3,12-19H2,4-11H3/t23-,24-,25-,26-,28-,29+,30-,31-,32-,33-,37-,38+,39+/m0/s1. The molecule has 2 spiro atoms. The van der Waals surface area contributed by atoms with E-state index in [0.29, 0.717) is 30.6 Å². The molecule has 0 aromatic rings. The number of Topliss-reactive ketones (excluding diaryl/α,β-unsaturated/α-hetero) is 1. The molecule has 13 atom stereocenters. The number of hydrogen-bond acceptors (Lipinski definition) is 8. The lowest BCUT2D eigenvalue weighted by atomic mass is 9.51. The summed E-state index contributed by atoms with van der Waals surface area (Å²) in [5.74, 6) is -1.68. The van der Waals surface area contributed by atoms with Crippen molar-refractivity contribution in [3.63, 3.8) is 0 Å². The van der Waals surface area contributed by atoms with Crippen molar-refractivity contribution < 1.29 is 37.4 Å². The van der Waals surface area contributed by atoms with Gasteiger partial charge in [0.25, 0.3) is 0 Å². The van der Waals surface area contributed by atoms with Crippen LogP contribution in [0.4, 0.5) is 0 Å². The van der Waals surface area contributed by atoms with Crippen LogP contribution in [-0.2, 0) is 37.4 Å². The van der Waals surface area contributed by atoms with E-state index in [2.05, 4.69) is 73.2 Å². The van der Waals surface area contributed by atoms with Gasteiger partial charge in [-0.05, 0) is 82.2 Å². The van der Waals surface area contributed by atoms with E-state index in [1.54, 1.807) is 0 Å². The van der Waals surface area contributed by atoms with Crippen LogP contribution in [0.1, 0.15) is 65.7 Å². The highest BCUT2D eigenvalue weighted by Gasteiger charge is 2.91. The quantitative estimate of drug-likeness (QED) is 0.0998. The first kappa shape index (κ1) is 34.2. The lowest BCUT2D eigenvalue weighted by Gasteiger charge is -2.51. The Morgan fingerprint density at radius 1 is 0.837 bits per heavy atom. The largest absolute Gasteiger partial charge is 0.458 e. The molecule has 3 aliphatic heterocycles. The van der Waals surface area contributed by atoms with Crippen molar-refractivity contribution in [2.45, 2.75) is 133 Å². The summed E-state index contributed by atoms with van der Waals surface area (Å²) < 4.78 is 34.5. The molecule has 8 fully saturated rings. The van der Waals surface area contributed by atoms with Crippen LogP contribution in [0, 0.1) is 46.8 Å². The topological polar surface area (TPSA) is 101 Å². The number of hydrogen-bond donors (Lipinski definition) is 0. The highest BCUT2D eigenvalue weighted by atomic mass is 28.4. The number of carbonyl (C=O) groups excluding carboxylic acids is 3. The Labute approximate surface area is 294 Å². The molecule has 8 rings (SSSR count). The van der Waals surface area contributed by atoms with Gasteiger partial charge < -0.3 is 23.1 Å². The number of ketones is 1. The second-order valence-electron chi connectivity index (χ2n) is 19.4. The van der Waals surface area contributed by atoms with E-state index in [-0.39, 0.29) is 70.3 Å². The molecule has 8 nitrogen and oxygen atoms in total. The molecule has 0 unspecified atom stereocenters. The molecule has 0 radical (unpaired) electrons. The predicted octanol–water partition coefficient (Wildman–Crippen LogP) is 6.92. The Morgan fingerprint density at radius 2 is 1.45 bits per heavy atom. The highest BCUT2D eigenvalue weighted by Crippen LogP contribution is 2.81. The van der Waals surface area contributed by atoms with E-state index in [1.807, 2.05) is 0 Å². The minimum Gasteiger partial charge on any atom is -0.458 e. The highest BCUT2D eigenvalue weighted by molar-refractivity contribution is 6.74. The smallest absolute Gasteiger partial charge is 0.334 e. The Morgan fingerprint density at radius 3 is 2.06 bits per heavy atom. The van der Waals surface area contributed by atoms with Crippen molar-refractivity contribution in [3.8, 4) is 0 Å². The van der Waals surface area contributed by atoms with Crippen LogP contribution in [0.2, 0.25) is 37.8 Å². The molecule has 3 heterocycles. The van der Waals surface area contributed by atoms with Gasteiger partial charge in [0.2, 0.25) is 0 Å². The second-order valence-corrected chi connectivity index (χ2v) is 28.6. The third kappa shape index (κ3) is 4.39. The zero-order valence-electron chi connectivity index (χ0n) is 30.8. The van der Waals surface area contributed by atoms with E-state index in [1.165, 1.54) is 0 Å². The van der Waals surface area contributed by atoms with Gasteiger partial charge in [-0.15, -0.1) is 0 Å². The summed E-state index contributed by atoms with van der Waals surface area (Å²) in [6, 6.07) is 0. The lowest BCUT2D eigenvalue weighted by molar-refractivity contribution is -0.155. The number of rotatable bonds is 5. The van der Waals surface area contributed by atoms with Crippen molar-refractivity contribution in [1.29, 1.82) is 0 Å².